The first kappa shape index (κ1) is 29.9. The summed E-state index contributed by atoms with van der Waals surface area (Å²) in [4.78, 5) is 43.7. The van der Waals surface area contributed by atoms with Crippen LogP contribution in [0.3, 0.4) is 0 Å². The maximum absolute atomic E-state index is 13.0. The van der Waals surface area contributed by atoms with E-state index >= 15 is 0 Å². The number of ether oxygens (including phenoxy) is 3. The van der Waals surface area contributed by atoms with Gasteiger partial charge < -0.3 is 14.2 Å². The molecule has 0 N–H and O–H groups in total. The van der Waals surface area contributed by atoms with Crippen molar-refractivity contribution >= 4 is 18.0 Å². The molecule has 0 spiro atoms. The van der Waals surface area contributed by atoms with Crippen molar-refractivity contribution in [3.63, 3.8) is 0 Å². The molecule has 3 heterocycles. The summed E-state index contributed by atoms with van der Waals surface area (Å²) in [7, 11) is 1.34. The summed E-state index contributed by atoms with van der Waals surface area (Å²) in [5.74, 6) is 1.01. The van der Waals surface area contributed by atoms with Gasteiger partial charge in [0.2, 0.25) is 0 Å². The lowest BCUT2D eigenvalue weighted by molar-refractivity contribution is -0.153. The fourth-order valence-corrected chi connectivity index (χ4v) is 7.02. The molecule has 0 bridgehead atoms. The van der Waals surface area contributed by atoms with Crippen molar-refractivity contribution in [3.8, 4) is 0 Å². The van der Waals surface area contributed by atoms with Gasteiger partial charge in [-0.1, -0.05) is 30.3 Å². The number of carbonyl (C=O) groups excluding carboxylic acids is 3. The summed E-state index contributed by atoms with van der Waals surface area (Å²) in [6.45, 7) is 6.07. The van der Waals surface area contributed by atoms with E-state index in [2.05, 4.69) is 20.3 Å². The molecule has 0 radical (unpaired) electrons. The molecule has 3 fully saturated rings. The first-order valence-electron chi connectivity index (χ1n) is 15.1. The van der Waals surface area contributed by atoms with E-state index in [1.165, 1.54) is 7.11 Å². The topological polar surface area (TPSA) is 129 Å². The van der Waals surface area contributed by atoms with Gasteiger partial charge in [0, 0.05) is 26.1 Å². The zero-order valence-corrected chi connectivity index (χ0v) is 24.8. The van der Waals surface area contributed by atoms with Crippen molar-refractivity contribution in [1.29, 1.82) is 0 Å². The Labute approximate surface area is 246 Å². The Morgan fingerprint density at radius 2 is 1.64 bits per heavy atom. The van der Waals surface area contributed by atoms with E-state index in [1.54, 1.807) is 16.6 Å². The molecule has 5 rings (SSSR count). The predicted molar refractivity (Wildman–Crippen MR) is 151 cm³/mol. The molecule has 42 heavy (non-hydrogen) atoms. The number of rotatable bonds is 9. The molecular weight excluding hydrogens is 540 g/mol. The van der Waals surface area contributed by atoms with Crippen LogP contribution in [0.15, 0.2) is 30.3 Å². The van der Waals surface area contributed by atoms with E-state index in [0.717, 1.165) is 31.4 Å². The molecular formula is C30H42N6O6. The van der Waals surface area contributed by atoms with E-state index < -0.39 is 12.1 Å². The van der Waals surface area contributed by atoms with Gasteiger partial charge in [0.1, 0.15) is 12.1 Å². The molecule has 2 aromatic rings. The first-order valence-corrected chi connectivity index (χ1v) is 15.1. The molecule has 1 amide bonds. The van der Waals surface area contributed by atoms with Gasteiger partial charge in [-0.25, -0.2) is 9.59 Å². The molecule has 1 aliphatic carbocycles. The van der Waals surface area contributed by atoms with Crippen LogP contribution in [0.5, 0.6) is 0 Å². The van der Waals surface area contributed by atoms with Gasteiger partial charge in [0.25, 0.3) is 0 Å². The normalized spacial score (nSPS) is 27.7. The number of likely N-dealkylation sites (tertiary alicyclic amines) is 2. The average molecular weight is 583 g/mol. The number of tetrazole rings is 1. The van der Waals surface area contributed by atoms with Crippen LogP contribution in [0.25, 0.3) is 0 Å². The second kappa shape index (κ2) is 13.6. The van der Waals surface area contributed by atoms with Gasteiger partial charge in [0.05, 0.1) is 26.4 Å². The lowest BCUT2D eigenvalue weighted by Gasteiger charge is -2.46. The highest BCUT2D eigenvalue weighted by Crippen LogP contribution is 2.42. The molecule has 1 saturated carbocycles. The minimum Gasteiger partial charge on any atom is -0.465 e. The number of fused-ring (bicyclic) bond motifs is 1. The summed E-state index contributed by atoms with van der Waals surface area (Å²) in [6, 6.07) is 8.96. The third-order valence-electron chi connectivity index (χ3n) is 8.98. The highest BCUT2D eigenvalue weighted by atomic mass is 16.6. The van der Waals surface area contributed by atoms with Crippen LogP contribution in [0.4, 0.5) is 4.79 Å². The first-order chi connectivity index (χ1) is 20.4. The van der Waals surface area contributed by atoms with E-state index in [9.17, 15) is 14.4 Å². The summed E-state index contributed by atoms with van der Waals surface area (Å²) in [6.07, 6.45) is 4.11. The minimum atomic E-state index is -0.635. The second-order valence-electron chi connectivity index (χ2n) is 11.6. The molecule has 228 valence electrons. The zero-order valence-electron chi connectivity index (χ0n) is 24.8. The highest BCUT2D eigenvalue weighted by molar-refractivity contribution is 5.81. The molecule has 1 aromatic carbocycles. The fraction of sp³-hybridized carbons (Fsp3) is 0.667. The Kier molecular flexibility index (Phi) is 9.71. The number of carbonyl (C=O) groups is 3. The molecule has 2 saturated heterocycles. The zero-order chi connectivity index (χ0) is 29.6. The molecule has 6 unspecified atom stereocenters. The summed E-state index contributed by atoms with van der Waals surface area (Å²) < 4.78 is 15.7. The number of methoxy groups -OCH3 is 1. The quantitative estimate of drug-likeness (QED) is 0.321. The summed E-state index contributed by atoms with van der Waals surface area (Å²) in [5.41, 5.74) is 1.12. The molecule has 1 aromatic heterocycles. The van der Waals surface area contributed by atoms with Crippen LogP contribution >= 0.6 is 0 Å². The minimum absolute atomic E-state index is 0.0794. The van der Waals surface area contributed by atoms with Gasteiger partial charge in [0.15, 0.2) is 5.82 Å². The third-order valence-corrected chi connectivity index (χ3v) is 8.98. The van der Waals surface area contributed by atoms with Crippen LogP contribution in [0.1, 0.15) is 63.4 Å². The molecule has 3 aliphatic rings. The second-order valence-corrected chi connectivity index (χ2v) is 11.6. The fourth-order valence-electron chi connectivity index (χ4n) is 7.02. The molecule has 12 heteroatoms. The number of benzene rings is 1. The standard InChI is InChI=1S/C30H42N6O6/c1-4-41-28(37)25-16-24(36-32-27(31-33-36)14-20-9-7-6-8-10-20)19-34(25)17-21-11-12-22-18-35(30(39)40-3)26(15-23(22)13-21)29(38)42-5-2/h6-10,21-26H,4-5,11-19H2,1-3H3. The lowest BCUT2D eigenvalue weighted by atomic mass is 9.69. The van der Waals surface area contributed by atoms with E-state index in [1.807, 2.05) is 37.3 Å². The van der Waals surface area contributed by atoms with Crippen LogP contribution in [-0.2, 0) is 30.2 Å². The SMILES string of the molecule is CCOC(=O)C1CC(n2nnc(Cc3ccccc3)n2)CN1CC1CCC2CN(C(=O)OC)C(C(=O)OCC)CC2C1. The van der Waals surface area contributed by atoms with Crippen LogP contribution in [0, 0.1) is 17.8 Å². The van der Waals surface area contributed by atoms with Gasteiger partial charge in [-0.3, -0.25) is 14.6 Å². The van der Waals surface area contributed by atoms with Crippen molar-refractivity contribution in [1.82, 2.24) is 30.0 Å². The van der Waals surface area contributed by atoms with Crippen molar-refractivity contribution in [2.45, 2.75) is 70.5 Å². The Morgan fingerprint density at radius 3 is 2.36 bits per heavy atom. The molecule has 6 atom stereocenters. The van der Waals surface area contributed by atoms with Crippen molar-refractivity contribution in [2.75, 3.05) is 40.0 Å². The largest absolute Gasteiger partial charge is 0.465 e. The Morgan fingerprint density at radius 1 is 0.905 bits per heavy atom. The number of nitrogens with zero attached hydrogens (tertiary/aromatic N) is 6. The van der Waals surface area contributed by atoms with Crippen LogP contribution in [-0.4, -0.2) is 100 Å². The van der Waals surface area contributed by atoms with E-state index in [4.69, 9.17) is 14.2 Å². The van der Waals surface area contributed by atoms with Crippen molar-refractivity contribution in [3.05, 3.63) is 41.7 Å². The van der Waals surface area contributed by atoms with Crippen molar-refractivity contribution in [2.24, 2.45) is 17.8 Å². The number of aromatic nitrogens is 4. The Hall–Kier alpha value is -3.54. The number of hydrogen-bond donors (Lipinski definition) is 0. The maximum atomic E-state index is 13.0. The predicted octanol–water partition coefficient (Wildman–Crippen LogP) is 2.88. The van der Waals surface area contributed by atoms with Gasteiger partial charge in [-0.05, 0) is 74.5 Å². The maximum Gasteiger partial charge on any atom is 0.410 e. The van der Waals surface area contributed by atoms with Gasteiger partial charge in [-0.2, -0.15) is 4.80 Å². The Bertz CT molecular complexity index is 1220. The van der Waals surface area contributed by atoms with E-state index in [0.29, 0.717) is 56.6 Å². The van der Waals surface area contributed by atoms with Crippen LogP contribution in [0.2, 0.25) is 0 Å². The Balaban J connectivity index is 1.25. The van der Waals surface area contributed by atoms with Crippen molar-refractivity contribution < 1.29 is 28.6 Å². The third kappa shape index (κ3) is 6.74. The lowest BCUT2D eigenvalue weighted by Crippen LogP contribution is -2.55. The number of amides is 1. The van der Waals surface area contributed by atoms with Crippen LogP contribution < -0.4 is 0 Å². The highest BCUT2D eigenvalue weighted by Gasteiger charge is 2.46. The van der Waals surface area contributed by atoms with Gasteiger partial charge in [-0.15, -0.1) is 10.2 Å². The number of hydrogen-bond acceptors (Lipinski definition) is 10. The van der Waals surface area contributed by atoms with Gasteiger partial charge >= 0.3 is 18.0 Å². The molecule has 12 nitrogen and oxygen atoms in total. The summed E-state index contributed by atoms with van der Waals surface area (Å²) in [5, 5.41) is 13.3. The smallest absolute Gasteiger partial charge is 0.410 e. The number of esters is 2. The number of piperidine rings is 1. The summed E-state index contributed by atoms with van der Waals surface area (Å²) >= 11 is 0. The molecule has 2 aliphatic heterocycles. The average Bonchev–Trinajstić information content (AvgIpc) is 3.64. The monoisotopic (exact) mass is 582 g/mol. The van der Waals surface area contributed by atoms with E-state index in [-0.39, 0.29) is 36.5 Å².